The fraction of sp³-hybridized carbons (Fsp3) is 0.360. The molecule has 1 unspecified atom stereocenters. The van der Waals surface area contributed by atoms with Gasteiger partial charge in [0.25, 0.3) is 0 Å². The maximum Gasteiger partial charge on any atom is 0.435 e. The monoisotopic (exact) mass is 441 g/mol. The third-order valence-corrected chi connectivity index (χ3v) is 5.90. The number of fused-ring (bicyclic) bond motifs is 1. The molecule has 0 spiro atoms. The summed E-state index contributed by atoms with van der Waals surface area (Å²) in [6.07, 6.45) is 2.55. The molecular weight excluding hydrogens is 415 g/mol. The van der Waals surface area contributed by atoms with Crippen molar-refractivity contribution in [3.63, 3.8) is 0 Å². The van der Waals surface area contributed by atoms with Crippen molar-refractivity contribution in [1.29, 1.82) is 0 Å². The molecule has 32 heavy (non-hydrogen) atoms. The lowest BCUT2D eigenvalue weighted by Crippen LogP contribution is -2.04. The zero-order valence-corrected chi connectivity index (χ0v) is 18.2. The number of para-hydroxylation sites is 1. The molecule has 4 rings (SSSR count). The molecule has 3 heterocycles. The summed E-state index contributed by atoms with van der Waals surface area (Å²) < 4.78 is 45.1. The first-order valence-corrected chi connectivity index (χ1v) is 11.0. The van der Waals surface area contributed by atoms with Gasteiger partial charge in [-0.1, -0.05) is 57.7 Å². The second-order valence-electron chi connectivity index (χ2n) is 8.12. The lowest BCUT2D eigenvalue weighted by molar-refractivity contribution is -0.141. The van der Waals surface area contributed by atoms with Gasteiger partial charge in [0.05, 0.1) is 11.4 Å². The van der Waals surface area contributed by atoms with E-state index in [9.17, 15) is 13.2 Å². The molecule has 7 heteroatoms. The Morgan fingerprint density at radius 1 is 1.09 bits per heavy atom. The number of hydrogen-bond acceptors (Lipinski definition) is 3. The number of alkyl halides is 3. The first-order chi connectivity index (χ1) is 15.4. The molecule has 0 saturated carbocycles. The van der Waals surface area contributed by atoms with E-state index < -0.39 is 11.9 Å². The number of pyridine rings is 1. The number of furan rings is 1. The number of unbranched alkanes of at least 4 members (excludes halogenated alkanes) is 1. The maximum absolute atomic E-state index is 13.0. The summed E-state index contributed by atoms with van der Waals surface area (Å²) in [5.74, 6) is 1.29. The average molecular weight is 441 g/mol. The second kappa shape index (κ2) is 9.18. The Balaban J connectivity index is 1.75. The summed E-state index contributed by atoms with van der Waals surface area (Å²) in [6, 6.07) is 12.5. The number of halogens is 3. The van der Waals surface area contributed by atoms with Gasteiger partial charge in [-0.25, -0.2) is 0 Å². The van der Waals surface area contributed by atoms with Crippen LogP contribution in [-0.2, 0) is 12.6 Å². The SMILES string of the molecule is CCCCC(CC)Cc1c(-c2ccnc(-c3cc(C(F)(F)F)n[nH]3)c2)oc2ccccc12. The molecule has 0 bridgehead atoms. The van der Waals surface area contributed by atoms with Crippen LogP contribution in [0.5, 0.6) is 0 Å². The van der Waals surface area contributed by atoms with Gasteiger partial charge in [0.15, 0.2) is 5.69 Å². The van der Waals surface area contributed by atoms with Gasteiger partial charge in [0.2, 0.25) is 0 Å². The van der Waals surface area contributed by atoms with E-state index in [0.29, 0.717) is 11.6 Å². The number of nitrogens with one attached hydrogen (secondary N) is 1. The van der Waals surface area contributed by atoms with E-state index in [1.807, 2.05) is 24.3 Å². The molecule has 0 radical (unpaired) electrons. The highest BCUT2D eigenvalue weighted by molar-refractivity contribution is 5.88. The molecule has 0 amide bonds. The molecule has 0 aliphatic carbocycles. The molecule has 1 N–H and O–H groups in total. The molecule has 0 aliphatic heterocycles. The van der Waals surface area contributed by atoms with E-state index in [1.165, 1.54) is 6.42 Å². The number of rotatable bonds is 8. The predicted octanol–water partition coefficient (Wildman–Crippen LogP) is 7.66. The third-order valence-electron chi connectivity index (χ3n) is 5.90. The van der Waals surface area contributed by atoms with Gasteiger partial charge in [-0.05, 0) is 36.6 Å². The minimum atomic E-state index is -4.51. The average Bonchev–Trinajstić information content (AvgIpc) is 3.42. The van der Waals surface area contributed by atoms with E-state index in [0.717, 1.165) is 59.6 Å². The van der Waals surface area contributed by atoms with Crippen LogP contribution in [0, 0.1) is 5.92 Å². The van der Waals surface area contributed by atoms with Crippen molar-refractivity contribution in [2.24, 2.45) is 5.92 Å². The molecule has 1 atom stereocenters. The lowest BCUT2D eigenvalue weighted by atomic mass is 9.89. The first-order valence-electron chi connectivity index (χ1n) is 11.0. The molecular formula is C25H26F3N3O. The van der Waals surface area contributed by atoms with Crippen LogP contribution in [0.2, 0.25) is 0 Å². The van der Waals surface area contributed by atoms with Gasteiger partial charge in [-0.2, -0.15) is 18.3 Å². The van der Waals surface area contributed by atoms with Crippen LogP contribution in [0.3, 0.4) is 0 Å². The predicted molar refractivity (Wildman–Crippen MR) is 119 cm³/mol. The normalized spacial score (nSPS) is 13.0. The Morgan fingerprint density at radius 2 is 1.91 bits per heavy atom. The smallest absolute Gasteiger partial charge is 0.435 e. The highest BCUT2D eigenvalue weighted by atomic mass is 19.4. The first kappa shape index (κ1) is 22.1. The molecule has 4 nitrogen and oxygen atoms in total. The molecule has 168 valence electrons. The molecule has 4 aromatic rings. The summed E-state index contributed by atoms with van der Waals surface area (Å²) in [4.78, 5) is 4.25. The Morgan fingerprint density at radius 3 is 2.62 bits per heavy atom. The highest BCUT2D eigenvalue weighted by Gasteiger charge is 2.34. The molecule has 1 aromatic carbocycles. The summed E-state index contributed by atoms with van der Waals surface area (Å²) >= 11 is 0. The number of H-pyrrole nitrogens is 1. The van der Waals surface area contributed by atoms with Crippen molar-refractivity contribution in [2.45, 2.75) is 52.1 Å². The number of aromatic nitrogens is 3. The third kappa shape index (κ3) is 4.56. The number of benzene rings is 1. The van der Waals surface area contributed by atoms with E-state index in [4.69, 9.17) is 4.42 Å². The Labute approximate surface area is 184 Å². The largest absolute Gasteiger partial charge is 0.456 e. The molecule has 0 fully saturated rings. The quantitative estimate of drug-likeness (QED) is 0.305. The van der Waals surface area contributed by atoms with Gasteiger partial charge < -0.3 is 4.42 Å². The number of nitrogens with zero attached hydrogens (tertiary/aromatic N) is 2. The molecule has 3 aromatic heterocycles. The van der Waals surface area contributed by atoms with Crippen LogP contribution in [0.4, 0.5) is 13.2 Å². The Kier molecular flexibility index (Phi) is 6.35. The van der Waals surface area contributed by atoms with Crippen LogP contribution >= 0.6 is 0 Å². The Hall–Kier alpha value is -3.09. The van der Waals surface area contributed by atoms with Crippen molar-refractivity contribution >= 4 is 11.0 Å². The van der Waals surface area contributed by atoms with Gasteiger partial charge >= 0.3 is 6.18 Å². The van der Waals surface area contributed by atoms with Crippen LogP contribution in [0.25, 0.3) is 33.7 Å². The maximum atomic E-state index is 13.0. The summed E-state index contributed by atoms with van der Waals surface area (Å²) in [5.41, 5.74) is 2.37. The number of aromatic amines is 1. The summed E-state index contributed by atoms with van der Waals surface area (Å²) in [5, 5.41) is 6.91. The van der Waals surface area contributed by atoms with Crippen LogP contribution in [0.15, 0.2) is 53.1 Å². The van der Waals surface area contributed by atoms with Crippen molar-refractivity contribution in [2.75, 3.05) is 0 Å². The molecule has 0 aliphatic rings. The number of hydrogen-bond donors (Lipinski definition) is 1. The van der Waals surface area contributed by atoms with Crippen molar-refractivity contribution in [3.05, 3.63) is 59.9 Å². The van der Waals surface area contributed by atoms with Gasteiger partial charge in [0.1, 0.15) is 11.3 Å². The van der Waals surface area contributed by atoms with Crippen LogP contribution in [-0.4, -0.2) is 15.2 Å². The minimum absolute atomic E-state index is 0.214. The van der Waals surface area contributed by atoms with Crippen molar-refractivity contribution < 1.29 is 17.6 Å². The van der Waals surface area contributed by atoms with Gasteiger partial charge in [0, 0.05) is 22.7 Å². The summed E-state index contributed by atoms with van der Waals surface area (Å²) in [7, 11) is 0. The fourth-order valence-electron chi connectivity index (χ4n) is 4.08. The van der Waals surface area contributed by atoms with Crippen LogP contribution < -0.4 is 0 Å². The lowest BCUT2D eigenvalue weighted by Gasteiger charge is -2.15. The fourth-order valence-corrected chi connectivity index (χ4v) is 4.08. The highest BCUT2D eigenvalue weighted by Crippen LogP contribution is 2.37. The van der Waals surface area contributed by atoms with Crippen molar-refractivity contribution in [1.82, 2.24) is 15.2 Å². The Bertz CT molecular complexity index is 1190. The second-order valence-corrected chi connectivity index (χ2v) is 8.12. The van der Waals surface area contributed by atoms with E-state index in [-0.39, 0.29) is 5.69 Å². The zero-order valence-electron chi connectivity index (χ0n) is 18.2. The molecule has 0 saturated heterocycles. The van der Waals surface area contributed by atoms with Gasteiger partial charge in [-0.15, -0.1) is 0 Å². The van der Waals surface area contributed by atoms with E-state index in [1.54, 1.807) is 12.3 Å². The van der Waals surface area contributed by atoms with Crippen molar-refractivity contribution in [3.8, 4) is 22.7 Å². The van der Waals surface area contributed by atoms with Crippen LogP contribution in [0.1, 0.15) is 50.8 Å². The zero-order chi connectivity index (χ0) is 22.7. The van der Waals surface area contributed by atoms with E-state index >= 15 is 0 Å². The summed E-state index contributed by atoms with van der Waals surface area (Å²) in [6.45, 7) is 4.41. The standard InChI is InChI=1S/C25H26F3N3O/c1-3-5-8-16(4-2)13-19-18-9-6-7-10-22(18)32-24(19)17-11-12-29-20(14-17)21-15-23(31-30-21)25(26,27)28/h6-7,9-12,14-16H,3-5,8,13H2,1-2H3,(H,30,31). The van der Waals surface area contributed by atoms with Gasteiger partial charge in [-0.3, -0.25) is 10.1 Å². The van der Waals surface area contributed by atoms with E-state index in [2.05, 4.69) is 35.1 Å². The minimum Gasteiger partial charge on any atom is -0.456 e. The topological polar surface area (TPSA) is 54.7 Å².